The van der Waals surface area contributed by atoms with E-state index in [1.165, 1.54) is 11.0 Å². The fourth-order valence-corrected chi connectivity index (χ4v) is 3.89. The van der Waals surface area contributed by atoms with Gasteiger partial charge in [0.25, 0.3) is 0 Å². The fraction of sp³-hybridized carbons (Fsp3) is 0.348. The van der Waals surface area contributed by atoms with Gasteiger partial charge in [-0.05, 0) is 38.0 Å². The van der Waals surface area contributed by atoms with E-state index in [1.807, 2.05) is 37.3 Å². The highest BCUT2D eigenvalue weighted by molar-refractivity contribution is 6.62. The van der Waals surface area contributed by atoms with Gasteiger partial charge in [0.1, 0.15) is 11.7 Å². The number of halogens is 3. The molecule has 168 valence electrons. The molecule has 2 aliphatic heterocycles. The average Bonchev–Trinajstić information content (AvgIpc) is 3.17. The Morgan fingerprint density at radius 3 is 2.44 bits per heavy atom. The maximum Gasteiger partial charge on any atom is 0.563 e. The van der Waals surface area contributed by atoms with E-state index < -0.39 is 36.7 Å². The molecular formula is C23H23BF3NO4. The maximum absolute atomic E-state index is 13.4. The number of alkyl halides is 3. The quantitative estimate of drug-likeness (QED) is 0.634. The zero-order valence-corrected chi connectivity index (χ0v) is 18.0. The molecule has 5 nitrogen and oxygen atoms in total. The van der Waals surface area contributed by atoms with Crippen molar-refractivity contribution in [3.8, 4) is 0 Å². The van der Waals surface area contributed by atoms with Crippen molar-refractivity contribution in [1.82, 2.24) is 4.90 Å². The van der Waals surface area contributed by atoms with Gasteiger partial charge in [-0.15, -0.1) is 0 Å². The summed E-state index contributed by atoms with van der Waals surface area (Å²) in [4.78, 5) is 14.1. The van der Waals surface area contributed by atoms with Crippen LogP contribution in [0.2, 0.25) is 0 Å². The highest BCUT2D eigenvalue weighted by Gasteiger charge is 2.46. The molecule has 0 spiro atoms. The zero-order chi connectivity index (χ0) is 23.3. The largest absolute Gasteiger partial charge is 0.563 e. The van der Waals surface area contributed by atoms with E-state index in [1.54, 1.807) is 13.8 Å². The summed E-state index contributed by atoms with van der Waals surface area (Å²) in [7, 11) is -0.923. The summed E-state index contributed by atoms with van der Waals surface area (Å²) in [5.41, 5.74) is -0.100. The summed E-state index contributed by atoms with van der Waals surface area (Å²) in [6.45, 7) is 9.09. The lowest BCUT2D eigenvalue weighted by molar-refractivity contribution is -0.137. The molecule has 2 atom stereocenters. The minimum absolute atomic E-state index is 0.0846. The SMILES string of the molecule is C=C1OB(c2ccc(C(F)(F)F)cc2CN2C(=O)O[C@H](c3ccccc3)[C@@H]2C)OC1(C)C. The van der Waals surface area contributed by atoms with Crippen LogP contribution in [0.4, 0.5) is 18.0 Å². The van der Waals surface area contributed by atoms with E-state index >= 15 is 0 Å². The summed E-state index contributed by atoms with van der Waals surface area (Å²) in [5.74, 6) is 0.381. The molecule has 0 aromatic heterocycles. The summed E-state index contributed by atoms with van der Waals surface area (Å²) in [5, 5.41) is 0. The molecule has 0 bridgehead atoms. The number of hydrogen-bond acceptors (Lipinski definition) is 4. The first-order chi connectivity index (χ1) is 15.0. The van der Waals surface area contributed by atoms with E-state index in [2.05, 4.69) is 6.58 Å². The normalized spacial score (nSPS) is 22.8. The number of ether oxygens (including phenoxy) is 1. The molecule has 2 fully saturated rings. The summed E-state index contributed by atoms with van der Waals surface area (Å²) in [6, 6.07) is 12.2. The highest BCUT2D eigenvalue weighted by Crippen LogP contribution is 2.35. The molecule has 4 rings (SSSR count). The molecule has 0 radical (unpaired) electrons. The van der Waals surface area contributed by atoms with Crippen LogP contribution in [0, 0.1) is 0 Å². The second kappa shape index (κ2) is 7.88. The highest BCUT2D eigenvalue weighted by atomic mass is 19.4. The molecule has 32 heavy (non-hydrogen) atoms. The maximum atomic E-state index is 13.4. The second-order valence-corrected chi connectivity index (χ2v) is 8.50. The van der Waals surface area contributed by atoms with Crippen LogP contribution < -0.4 is 5.46 Å². The van der Waals surface area contributed by atoms with Gasteiger partial charge in [-0.2, -0.15) is 13.2 Å². The van der Waals surface area contributed by atoms with Gasteiger partial charge in [-0.1, -0.05) is 49.0 Å². The van der Waals surface area contributed by atoms with E-state index in [4.69, 9.17) is 14.0 Å². The van der Waals surface area contributed by atoms with Crippen LogP contribution in [0.3, 0.4) is 0 Å². The predicted octanol–water partition coefficient (Wildman–Crippen LogP) is 4.82. The van der Waals surface area contributed by atoms with Crippen molar-refractivity contribution < 1.29 is 32.0 Å². The van der Waals surface area contributed by atoms with Crippen molar-refractivity contribution >= 4 is 18.7 Å². The van der Waals surface area contributed by atoms with Crippen molar-refractivity contribution in [3.63, 3.8) is 0 Å². The Kier molecular flexibility index (Phi) is 5.49. The lowest BCUT2D eigenvalue weighted by Gasteiger charge is -2.23. The van der Waals surface area contributed by atoms with Crippen LogP contribution in [0.25, 0.3) is 0 Å². The Morgan fingerprint density at radius 1 is 1.16 bits per heavy atom. The number of hydrogen-bond donors (Lipinski definition) is 0. The standard InChI is InChI=1S/C23H23BF3NO4/c1-14-20(16-8-6-5-7-9-16)30-21(29)28(14)13-17-12-18(23(25,26)27)10-11-19(17)24-31-15(2)22(3,4)32-24/h5-12,14,20H,2,13H2,1,3-4H3/t14-,20-/m0/s1. The fourth-order valence-electron chi connectivity index (χ4n) is 3.89. The zero-order valence-electron chi connectivity index (χ0n) is 18.0. The molecule has 0 unspecified atom stereocenters. The third-order valence-electron chi connectivity index (χ3n) is 5.91. The van der Waals surface area contributed by atoms with E-state index in [0.29, 0.717) is 11.2 Å². The number of cyclic esters (lactones) is 1. The summed E-state index contributed by atoms with van der Waals surface area (Å²) < 4.78 is 57.4. The number of carbonyl (C=O) groups excluding carboxylic acids is 1. The van der Waals surface area contributed by atoms with Crippen LogP contribution in [0.15, 0.2) is 60.9 Å². The lowest BCUT2D eigenvalue weighted by atomic mass is 9.75. The van der Waals surface area contributed by atoms with Gasteiger partial charge < -0.3 is 14.0 Å². The van der Waals surface area contributed by atoms with Crippen molar-refractivity contribution in [1.29, 1.82) is 0 Å². The molecule has 0 saturated carbocycles. The predicted molar refractivity (Wildman–Crippen MR) is 113 cm³/mol. The Morgan fingerprint density at radius 2 is 1.84 bits per heavy atom. The minimum atomic E-state index is -4.53. The molecule has 2 heterocycles. The van der Waals surface area contributed by atoms with Crippen molar-refractivity contribution in [2.45, 2.75) is 51.2 Å². The Balaban J connectivity index is 1.67. The topological polar surface area (TPSA) is 48.0 Å². The number of amides is 1. The van der Waals surface area contributed by atoms with Gasteiger partial charge in [0.15, 0.2) is 0 Å². The van der Waals surface area contributed by atoms with E-state index in [-0.39, 0.29) is 18.2 Å². The number of benzene rings is 2. The van der Waals surface area contributed by atoms with Gasteiger partial charge in [0, 0.05) is 12.0 Å². The summed E-state index contributed by atoms with van der Waals surface area (Å²) >= 11 is 0. The van der Waals surface area contributed by atoms with Gasteiger partial charge in [0.05, 0.1) is 17.4 Å². The first-order valence-corrected chi connectivity index (χ1v) is 10.2. The number of nitrogens with zero attached hydrogens (tertiary/aromatic N) is 1. The molecule has 0 aliphatic carbocycles. The molecule has 2 aliphatic rings. The van der Waals surface area contributed by atoms with Gasteiger partial charge in [-0.3, -0.25) is 4.90 Å². The van der Waals surface area contributed by atoms with Crippen LogP contribution in [0.1, 0.15) is 43.6 Å². The smallest absolute Gasteiger partial charge is 0.534 e. The number of carbonyl (C=O) groups is 1. The molecule has 0 N–H and O–H groups in total. The summed E-state index contributed by atoms with van der Waals surface area (Å²) in [6.07, 6.45) is -5.64. The van der Waals surface area contributed by atoms with Crippen LogP contribution >= 0.6 is 0 Å². The Hall–Kier alpha value is -2.94. The van der Waals surface area contributed by atoms with Gasteiger partial charge in [0.2, 0.25) is 0 Å². The second-order valence-electron chi connectivity index (χ2n) is 8.50. The van der Waals surface area contributed by atoms with Crippen LogP contribution in [0.5, 0.6) is 0 Å². The first-order valence-electron chi connectivity index (χ1n) is 10.2. The molecule has 2 aromatic carbocycles. The third kappa shape index (κ3) is 4.09. The first kappa shape index (κ1) is 22.3. The average molecular weight is 445 g/mol. The molecule has 2 saturated heterocycles. The monoisotopic (exact) mass is 445 g/mol. The third-order valence-corrected chi connectivity index (χ3v) is 5.91. The number of rotatable bonds is 4. The molecular weight excluding hydrogens is 422 g/mol. The molecule has 9 heteroatoms. The van der Waals surface area contributed by atoms with Gasteiger partial charge in [-0.25, -0.2) is 4.79 Å². The van der Waals surface area contributed by atoms with Crippen molar-refractivity contribution in [3.05, 3.63) is 77.6 Å². The lowest BCUT2D eigenvalue weighted by Crippen LogP contribution is -2.40. The van der Waals surface area contributed by atoms with Gasteiger partial charge >= 0.3 is 19.4 Å². The van der Waals surface area contributed by atoms with E-state index in [9.17, 15) is 18.0 Å². The van der Waals surface area contributed by atoms with Crippen molar-refractivity contribution in [2.75, 3.05) is 0 Å². The Labute approximate surface area is 184 Å². The molecule has 1 amide bonds. The van der Waals surface area contributed by atoms with Crippen LogP contribution in [-0.4, -0.2) is 29.8 Å². The van der Waals surface area contributed by atoms with Crippen molar-refractivity contribution in [2.24, 2.45) is 0 Å². The minimum Gasteiger partial charge on any atom is -0.534 e. The Bertz CT molecular complexity index is 1040. The molecule has 2 aromatic rings. The van der Waals surface area contributed by atoms with Crippen LogP contribution in [-0.2, 0) is 26.8 Å². The van der Waals surface area contributed by atoms with E-state index in [0.717, 1.165) is 17.7 Å².